The second kappa shape index (κ2) is 60.0. The van der Waals surface area contributed by atoms with Gasteiger partial charge in [-0.05, 0) is 306 Å². The highest BCUT2D eigenvalue weighted by Gasteiger charge is 2.30. The highest BCUT2D eigenvalue weighted by Crippen LogP contribution is 2.57. The van der Waals surface area contributed by atoms with Gasteiger partial charge in [0, 0.05) is 112 Å². The Bertz CT molecular complexity index is 5200. The van der Waals surface area contributed by atoms with Crippen LogP contribution in [0, 0.1) is 6.92 Å². The third-order valence-corrected chi connectivity index (χ3v) is 43.7. The molecule has 0 aliphatic rings. The third kappa shape index (κ3) is 31.7. The average Bonchev–Trinajstić information content (AvgIpc) is 1.60. The maximum absolute atomic E-state index is 2.77. The molecule has 0 aliphatic heterocycles. The van der Waals surface area contributed by atoms with E-state index in [4.69, 9.17) is 0 Å². The van der Waals surface area contributed by atoms with Crippen LogP contribution in [0.1, 0.15) is 463 Å². The first-order valence-corrected chi connectivity index (χ1v) is 64.7. The molecule has 0 unspecified atom stereocenters. The molecule has 12 aromatic heterocycles. The Kier molecular flexibility index (Phi) is 48.8. The molecular formula is C121H172S12. The predicted molar refractivity (Wildman–Crippen MR) is 620 cm³/mol. The molecule has 0 radical (unpaired) electrons. The molecule has 0 spiro atoms. The average molecular weight is 2010 g/mol. The van der Waals surface area contributed by atoms with Gasteiger partial charge in [-0.15, -0.1) is 136 Å². The van der Waals surface area contributed by atoms with Gasteiger partial charge in [0.15, 0.2) is 0 Å². The lowest BCUT2D eigenvalue weighted by atomic mass is 10.0. The van der Waals surface area contributed by atoms with Gasteiger partial charge < -0.3 is 0 Å². The minimum Gasteiger partial charge on any atom is -0.143 e. The summed E-state index contributed by atoms with van der Waals surface area (Å²) in [7, 11) is 0. The number of rotatable bonds is 71. The number of hydrogen-bond donors (Lipinski definition) is 0. The van der Waals surface area contributed by atoms with E-state index in [9.17, 15) is 0 Å². The molecule has 0 fully saturated rings. The van der Waals surface area contributed by atoms with Crippen molar-refractivity contribution >= 4 is 136 Å². The van der Waals surface area contributed by atoms with Crippen molar-refractivity contribution in [3.05, 3.63) is 150 Å². The zero-order valence-electron chi connectivity index (χ0n) is 85.3. The number of aryl methyl sites for hydroxylation is 13. The zero-order chi connectivity index (χ0) is 93.3. The molecule has 0 saturated carbocycles. The maximum atomic E-state index is 2.77. The molecule has 728 valence electrons. The van der Waals surface area contributed by atoms with Crippen molar-refractivity contribution in [3.63, 3.8) is 0 Å². The zero-order valence-corrected chi connectivity index (χ0v) is 95.1. The summed E-state index contributed by atoms with van der Waals surface area (Å²) in [6.07, 6.45) is 76.1. The second-order valence-electron chi connectivity index (χ2n) is 39.3. The molecule has 0 nitrogen and oxygen atoms in total. The van der Waals surface area contributed by atoms with Crippen molar-refractivity contribution < 1.29 is 0 Å². The standard InChI is InChI=1S/C121H172S12/c1-14-26-38-50-62-88-74-75-122-111(88)100-77-90(64-52-40-28-16-3)113(124-100)102-79-92(66-54-42-30-18-5)115(126-102)104-81-94(68-56-44-32-20-7)117(128-104)106-83-96(70-58-46-34-22-9)119(130-106)108-85-98(72-60-48-36-24-11)121(132-108)110-86-99(73-61-49-37-25-12)120(133-110)109-84-97(71-59-47-35-23-10)118(131-109)107-82-95(69-57-45-33-21-8)116(129-107)105-80-93(67-55-43-31-19-6)114(127-105)103-78-91(65-53-41-29-17-4)112(125-103)101-76-89(87(13)123-101)63-51-39-27-15-2/h74-86H,14-73H2,1-13H3. The Balaban J connectivity index is 0.958. The molecule has 12 aromatic rings. The van der Waals surface area contributed by atoms with Gasteiger partial charge >= 0.3 is 0 Å². The van der Waals surface area contributed by atoms with Crippen LogP contribution in [0.25, 0.3) is 107 Å². The Hall–Kier alpha value is -3.60. The van der Waals surface area contributed by atoms with Gasteiger partial charge in [0.25, 0.3) is 0 Å². The SMILES string of the molecule is CCCCCCc1cc(-c2sc(-c3sc(-c4sc(-c5sc(-c6sc(-c7sc(-c8sc(-c9sc(-c%10sc(-c%11sc(-c%12sccc%12CCCCCC)cc%11CCCCCC)cc%10CCCCCC)cc9CCCCCC)cc8CCCCCC)cc7CCCCCC)cc6CCCCCC)cc5CCCCCC)cc4CCCCCC)cc3CCCCCC)cc2CCCCCC)sc1C. The largest absolute Gasteiger partial charge is 0.143 e. The molecule has 0 saturated heterocycles. The quantitative estimate of drug-likeness (QED) is 0.0333. The van der Waals surface area contributed by atoms with E-state index in [1.807, 2.05) is 11.3 Å². The Morgan fingerprint density at radius 2 is 0.278 bits per heavy atom. The lowest BCUT2D eigenvalue weighted by molar-refractivity contribution is 0.666. The maximum Gasteiger partial charge on any atom is 0.0481 e. The molecule has 0 bridgehead atoms. The Morgan fingerprint density at radius 3 is 0.444 bits per heavy atom. The van der Waals surface area contributed by atoms with Gasteiger partial charge in [0.2, 0.25) is 0 Å². The molecule has 0 aromatic carbocycles. The van der Waals surface area contributed by atoms with Crippen molar-refractivity contribution in [3.8, 4) is 107 Å². The highest BCUT2D eigenvalue weighted by molar-refractivity contribution is 7.33. The van der Waals surface area contributed by atoms with Gasteiger partial charge in [-0.2, -0.15) is 0 Å². The molecule has 0 amide bonds. The van der Waals surface area contributed by atoms with Crippen LogP contribution in [0.4, 0.5) is 0 Å². The van der Waals surface area contributed by atoms with Crippen LogP contribution in [-0.4, -0.2) is 0 Å². The summed E-state index contributed by atoms with van der Waals surface area (Å²) < 4.78 is 0. The minimum atomic E-state index is 1.15. The van der Waals surface area contributed by atoms with Gasteiger partial charge in [-0.3, -0.25) is 0 Å². The molecule has 0 aliphatic carbocycles. The Morgan fingerprint density at radius 1 is 0.143 bits per heavy atom. The van der Waals surface area contributed by atoms with Crippen LogP contribution in [0.5, 0.6) is 0 Å². The predicted octanol–water partition coefficient (Wildman–Crippen LogP) is 46.5. The van der Waals surface area contributed by atoms with Crippen molar-refractivity contribution in [2.45, 2.75) is 475 Å². The fraction of sp³-hybridized carbons (Fsp3) is 0.603. The summed E-state index contributed by atoms with van der Waals surface area (Å²) in [6.45, 7) is 30.9. The first kappa shape index (κ1) is 108. The van der Waals surface area contributed by atoms with E-state index in [-0.39, 0.29) is 0 Å². The lowest BCUT2D eigenvalue weighted by Crippen LogP contribution is -1.87. The summed E-state index contributed by atoms with van der Waals surface area (Å²) in [6, 6.07) is 32.5. The van der Waals surface area contributed by atoms with Crippen LogP contribution in [0.15, 0.2) is 78.2 Å². The minimum absolute atomic E-state index is 1.15. The smallest absolute Gasteiger partial charge is 0.0481 e. The molecular weight excluding hydrogens is 1840 g/mol. The van der Waals surface area contributed by atoms with Crippen molar-refractivity contribution in [1.82, 2.24) is 0 Å². The van der Waals surface area contributed by atoms with Crippen LogP contribution in [-0.2, 0) is 77.0 Å². The normalized spacial score (nSPS) is 11.9. The summed E-state index contributed by atoms with van der Waals surface area (Å²) >= 11 is 25.8. The summed E-state index contributed by atoms with van der Waals surface area (Å²) in [4.78, 5) is 35.5. The summed E-state index contributed by atoms with van der Waals surface area (Å²) in [5, 5.41) is 2.38. The molecule has 133 heavy (non-hydrogen) atoms. The van der Waals surface area contributed by atoms with Gasteiger partial charge in [-0.1, -0.05) is 314 Å². The van der Waals surface area contributed by atoms with Gasteiger partial charge in [-0.25, -0.2) is 0 Å². The monoisotopic (exact) mass is 2010 g/mol. The summed E-state index contributed by atoms with van der Waals surface area (Å²) in [5.41, 5.74) is 19.2. The van der Waals surface area contributed by atoms with E-state index in [2.05, 4.69) is 293 Å². The molecule has 0 N–H and O–H groups in total. The van der Waals surface area contributed by atoms with Crippen molar-refractivity contribution in [1.29, 1.82) is 0 Å². The van der Waals surface area contributed by atoms with Crippen LogP contribution >= 0.6 is 136 Å². The molecule has 12 heterocycles. The van der Waals surface area contributed by atoms with Crippen LogP contribution < -0.4 is 0 Å². The lowest BCUT2D eigenvalue weighted by Gasteiger charge is -2.02. The molecule has 12 rings (SSSR count). The van der Waals surface area contributed by atoms with E-state index in [1.54, 1.807) is 116 Å². The van der Waals surface area contributed by atoms with Crippen molar-refractivity contribution in [2.75, 3.05) is 0 Å². The van der Waals surface area contributed by atoms with Crippen LogP contribution in [0.2, 0.25) is 0 Å². The molecule has 0 atom stereocenters. The van der Waals surface area contributed by atoms with E-state index < -0.39 is 0 Å². The first-order chi connectivity index (χ1) is 65.4. The van der Waals surface area contributed by atoms with E-state index in [0.29, 0.717) is 0 Å². The second-order valence-corrected chi connectivity index (χ2v) is 52.0. The van der Waals surface area contributed by atoms with Crippen LogP contribution in [0.3, 0.4) is 0 Å². The summed E-state index contributed by atoms with van der Waals surface area (Å²) in [5.74, 6) is 0. The highest BCUT2D eigenvalue weighted by atomic mass is 32.1. The van der Waals surface area contributed by atoms with E-state index in [0.717, 1.165) is 44.9 Å². The van der Waals surface area contributed by atoms with Gasteiger partial charge in [0.1, 0.15) is 0 Å². The Labute approximate surface area is 859 Å². The number of thiophene rings is 12. The van der Waals surface area contributed by atoms with Crippen molar-refractivity contribution in [2.24, 2.45) is 0 Å². The van der Waals surface area contributed by atoms with E-state index >= 15 is 0 Å². The fourth-order valence-electron chi connectivity index (χ4n) is 19.9. The fourth-order valence-corrected chi connectivity index (χ4v) is 35.5. The number of unbranched alkanes of at least 4 members (excludes halogenated alkanes) is 36. The number of hydrogen-bond acceptors (Lipinski definition) is 12. The first-order valence-electron chi connectivity index (χ1n) is 54.9. The third-order valence-electron chi connectivity index (χ3n) is 27.9. The molecule has 12 heteroatoms. The van der Waals surface area contributed by atoms with E-state index in [1.165, 1.54) is 404 Å². The van der Waals surface area contributed by atoms with Gasteiger partial charge in [0.05, 0.1) is 0 Å². The topological polar surface area (TPSA) is 0 Å².